The summed E-state index contributed by atoms with van der Waals surface area (Å²) in [6.07, 6.45) is 2.48. The average Bonchev–Trinajstić information content (AvgIpc) is 2.91. The fourth-order valence-electron chi connectivity index (χ4n) is 2.12. The topological polar surface area (TPSA) is 70.7 Å². The monoisotopic (exact) mass is 268 g/mol. The first-order chi connectivity index (χ1) is 8.96. The fraction of sp³-hybridized carbons (Fsp3) is 0.364. The first kappa shape index (κ1) is 11.8. The van der Waals surface area contributed by atoms with Gasteiger partial charge in [0.15, 0.2) is 5.65 Å². The molecule has 0 spiro atoms. The van der Waals surface area contributed by atoms with Gasteiger partial charge in [0, 0.05) is 19.2 Å². The minimum atomic E-state index is -2.72. The van der Waals surface area contributed by atoms with Gasteiger partial charge in [-0.25, -0.2) is 23.1 Å². The van der Waals surface area contributed by atoms with Crippen LogP contribution in [0.3, 0.4) is 0 Å². The molecule has 3 heterocycles. The van der Waals surface area contributed by atoms with Crippen molar-refractivity contribution in [2.75, 3.05) is 18.0 Å². The lowest BCUT2D eigenvalue weighted by Crippen LogP contribution is -2.25. The third kappa shape index (κ3) is 1.98. The van der Waals surface area contributed by atoms with Crippen LogP contribution in [0, 0.1) is 0 Å². The summed E-state index contributed by atoms with van der Waals surface area (Å²) in [5.74, 6) is -3.52. The lowest BCUT2D eigenvalue weighted by molar-refractivity contribution is 0.0256. The number of alkyl halides is 2. The van der Waals surface area contributed by atoms with E-state index in [1.807, 2.05) is 0 Å². The molecule has 0 unspecified atom stereocenters. The standard InChI is InChI=1S/C11H10F2N4O2/c12-11(13)2-4-16(6-11)8-1-3-17-9(15-8)7(5-14-17)10(18)19/h1,3,5H,2,4,6H2,(H,18,19). The van der Waals surface area contributed by atoms with Gasteiger partial charge in [-0.3, -0.25) is 0 Å². The Balaban J connectivity index is 2.01. The summed E-state index contributed by atoms with van der Waals surface area (Å²) in [5, 5.41) is 12.8. The number of carboxylic acids is 1. The molecule has 0 saturated carbocycles. The summed E-state index contributed by atoms with van der Waals surface area (Å²) in [6.45, 7) is -0.195. The summed E-state index contributed by atoms with van der Waals surface area (Å²) in [4.78, 5) is 16.5. The summed E-state index contributed by atoms with van der Waals surface area (Å²) in [5.41, 5.74) is 0.105. The molecule has 0 bridgehead atoms. The molecule has 2 aromatic rings. The molecule has 1 aliphatic rings. The molecule has 1 saturated heterocycles. The number of halogens is 2. The van der Waals surface area contributed by atoms with Crippen molar-refractivity contribution in [1.82, 2.24) is 14.6 Å². The van der Waals surface area contributed by atoms with Gasteiger partial charge in [-0.05, 0) is 6.07 Å². The van der Waals surface area contributed by atoms with E-state index >= 15 is 0 Å². The second-order valence-electron chi connectivity index (χ2n) is 4.44. The van der Waals surface area contributed by atoms with Crippen LogP contribution in [0.2, 0.25) is 0 Å². The molecule has 0 atom stereocenters. The number of hydrogen-bond donors (Lipinski definition) is 1. The second-order valence-corrected chi connectivity index (χ2v) is 4.44. The number of nitrogens with zero attached hydrogens (tertiary/aromatic N) is 4. The number of fused-ring (bicyclic) bond motifs is 1. The molecule has 100 valence electrons. The van der Waals surface area contributed by atoms with E-state index in [2.05, 4.69) is 10.1 Å². The minimum Gasteiger partial charge on any atom is -0.477 e. The van der Waals surface area contributed by atoms with Crippen LogP contribution >= 0.6 is 0 Å². The molecular formula is C11H10F2N4O2. The molecule has 0 aliphatic carbocycles. The van der Waals surface area contributed by atoms with Crippen LogP contribution in [0.15, 0.2) is 18.5 Å². The van der Waals surface area contributed by atoms with E-state index in [4.69, 9.17) is 5.11 Å². The zero-order valence-corrected chi connectivity index (χ0v) is 9.75. The molecule has 1 N–H and O–H groups in total. The third-order valence-electron chi connectivity index (χ3n) is 3.08. The predicted molar refractivity (Wildman–Crippen MR) is 61.7 cm³/mol. The summed E-state index contributed by atoms with van der Waals surface area (Å²) in [7, 11) is 0. The molecule has 8 heteroatoms. The summed E-state index contributed by atoms with van der Waals surface area (Å²) >= 11 is 0. The van der Waals surface area contributed by atoms with Gasteiger partial charge in [-0.2, -0.15) is 5.10 Å². The van der Waals surface area contributed by atoms with Gasteiger partial charge in [0.1, 0.15) is 11.4 Å². The van der Waals surface area contributed by atoms with Gasteiger partial charge >= 0.3 is 5.97 Å². The molecule has 0 aromatic carbocycles. The van der Waals surface area contributed by atoms with Gasteiger partial charge < -0.3 is 10.0 Å². The van der Waals surface area contributed by atoms with Gasteiger partial charge in [0.05, 0.1) is 12.7 Å². The average molecular weight is 268 g/mol. The van der Waals surface area contributed by atoms with Crippen molar-refractivity contribution < 1.29 is 18.7 Å². The fourth-order valence-corrected chi connectivity index (χ4v) is 2.12. The molecule has 6 nitrogen and oxygen atoms in total. The van der Waals surface area contributed by atoms with Crippen molar-refractivity contribution in [1.29, 1.82) is 0 Å². The Morgan fingerprint density at radius 2 is 2.26 bits per heavy atom. The molecule has 2 aromatic heterocycles. The highest BCUT2D eigenvalue weighted by Crippen LogP contribution is 2.30. The number of hydrogen-bond acceptors (Lipinski definition) is 4. The Labute approximate surface area is 106 Å². The Bertz CT molecular complexity index is 655. The summed E-state index contributed by atoms with van der Waals surface area (Å²) in [6, 6.07) is 1.55. The molecule has 1 aliphatic heterocycles. The highest BCUT2D eigenvalue weighted by atomic mass is 19.3. The lowest BCUT2D eigenvalue weighted by Gasteiger charge is -2.16. The maximum absolute atomic E-state index is 13.2. The Morgan fingerprint density at radius 3 is 2.89 bits per heavy atom. The van der Waals surface area contributed by atoms with E-state index in [0.717, 1.165) is 0 Å². The van der Waals surface area contributed by atoms with Gasteiger partial charge in [0.25, 0.3) is 5.92 Å². The van der Waals surface area contributed by atoms with Crippen molar-refractivity contribution in [3.63, 3.8) is 0 Å². The van der Waals surface area contributed by atoms with Crippen molar-refractivity contribution in [3.8, 4) is 0 Å². The first-order valence-corrected chi connectivity index (χ1v) is 5.67. The van der Waals surface area contributed by atoms with Crippen LogP contribution in [0.5, 0.6) is 0 Å². The highest BCUT2D eigenvalue weighted by molar-refractivity contribution is 5.94. The predicted octanol–water partition coefficient (Wildman–Crippen LogP) is 1.27. The highest BCUT2D eigenvalue weighted by Gasteiger charge is 2.38. The van der Waals surface area contributed by atoms with Crippen LogP contribution in [-0.4, -0.2) is 44.7 Å². The molecule has 1 fully saturated rings. The number of aromatic carboxylic acids is 1. The van der Waals surface area contributed by atoms with E-state index in [1.165, 1.54) is 21.8 Å². The van der Waals surface area contributed by atoms with E-state index in [1.54, 1.807) is 6.07 Å². The zero-order chi connectivity index (χ0) is 13.6. The van der Waals surface area contributed by atoms with Crippen molar-refractivity contribution in [2.24, 2.45) is 0 Å². The number of carbonyl (C=O) groups is 1. The SMILES string of the molecule is O=C(O)c1cnn2ccc(N3CCC(F)(F)C3)nc12. The van der Waals surface area contributed by atoms with E-state index in [-0.39, 0.29) is 24.2 Å². The molecular weight excluding hydrogens is 258 g/mol. The maximum Gasteiger partial charge on any atom is 0.341 e. The minimum absolute atomic E-state index is 0.0483. The van der Waals surface area contributed by atoms with Crippen LogP contribution in [0.25, 0.3) is 5.65 Å². The van der Waals surface area contributed by atoms with Gasteiger partial charge in [-0.1, -0.05) is 0 Å². The van der Waals surface area contributed by atoms with Crippen LogP contribution < -0.4 is 4.90 Å². The van der Waals surface area contributed by atoms with E-state index in [0.29, 0.717) is 5.82 Å². The first-order valence-electron chi connectivity index (χ1n) is 5.67. The van der Waals surface area contributed by atoms with Crippen LogP contribution in [0.4, 0.5) is 14.6 Å². The lowest BCUT2D eigenvalue weighted by atomic mass is 10.3. The zero-order valence-electron chi connectivity index (χ0n) is 9.75. The van der Waals surface area contributed by atoms with Crippen LogP contribution in [-0.2, 0) is 0 Å². The van der Waals surface area contributed by atoms with Crippen molar-refractivity contribution in [2.45, 2.75) is 12.3 Å². The number of rotatable bonds is 2. The Hall–Kier alpha value is -2.25. The normalized spacial score (nSPS) is 18.1. The molecule has 19 heavy (non-hydrogen) atoms. The van der Waals surface area contributed by atoms with Crippen molar-refractivity contribution in [3.05, 3.63) is 24.0 Å². The molecule has 0 radical (unpaired) electrons. The number of anilines is 1. The largest absolute Gasteiger partial charge is 0.477 e. The van der Waals surface area contributed by atoms with E-state index in [9.17, 15) is 13.6 Å². The number of aromatic nitrogens is 3. The smallest absolute Gasteiger partial charge is 0.341 e. The Morgan fingerprint density at radius 1 is 1.47 bits per heavy atom. The van der Waals surface area contributed by atoms with Crippen LogP contribution in [0.1, 0.15) is 16.8 Å². The molecule has 3 rings (SSSR count). The summed E-state index contributed by atoms with van der Waals surface area (Å²) < 4.78 is 27.6. The molecule has 0 amide bonds. The quantitative estimate of drug-likeness (QED) is 0.888. The van der Waals surface area contributed by atoms with E-state index < -0.39 is 18.4 Å². The van der Waals surface area contributed by atoms with Crippen molar-refractivity contribution >= 4 is 17.4 Å². The second kappa shape index (κ2) is 3.87. The Kier molecular flexibility index (Phi) is 2.41. The van der Waals surface area contributed by atoms with Gasteiger partial charge in [-0.15, -0.1) is 0 Å². The number of carboxylic acid groups (broad SMARTS) is 1. The third-order valence-corrected chi connectivity index (χ3v) is 3.08. The van der Waals surface area contributed by atoms with Gasteiger partial charge in [0.2, 0.25) is 0 Å². The maximum atomic E-state index is 13.2.